The number of unbranched alkanes of at least 4 members (excludes halogenated alkanes) is 1. The van der Waals surface area contributed by atoms with Crippen LogP contribution in [0.15, 0.2) is 78.3 Å². The first-order chi connectivity index (χ1) is 36.1. The number of aromatic nitrogens is 3. The number of amides is 9. The van der Waals surface area contributed by atoms with E-state index in [9.17, 15) is 43.2 Å². The number of nitrogens with zero attached hydrogens (tertiary/aromatic N) is 2. The fourth-order valence-electron chi connectivity index (χ4n) is 7.86. The molecule has 0 bridgehead atoms. The molecular formula is C50H71N15O9S2. The molecule has 0 aliphatic carbocycles. The van der Waals surface area contributed by atoms with Crippen molar-refractivity contribution in [3.8, 4) is 0 Å². The molecule has 26 heteroatoms. The largest absolute Gasteiger partial charge is 0.370 e. The molecule has 2 aromatic carbocycles. The van der Waals surface area contributed by atoms with Crippen LogP contribution < -0.4 is 59.7 Å². The Morgan fingerprint density at radius 2 is 1.17 bits per heavy atom. The Morgan fingerprint density at radius 1 is 0.632 bits per heavy atom. The molecule has 0 unspecified atom stereocenters. The second kappa shape index (κ2) is 30.1. The summed E-state index contributed by atoms with van der Waals surface area (Å²) in [5.41, 5.74) is 17.4. The van der Waals surface area contributed by atoms with E-state index in [1.807, 2.05) is 31.2 Å². The highest BCUT2D eigenvalue weighted by atomic mass is 32.1. The number of imidazole rings is 1. The standard InChI is InChI=1S/C50H71N15O9S2/c1-5-6-16-34(58-28(2)66)42(68)63-40(26-76)47(73)65-50(3,4)48(74)64-38(22-31-24-54-27-57-31)46(72)60-36(20-29-13-8-7-9-14-29)44(70)59-35(18-12-19-55-49(52)53)43(69)61-37(45(71)62-39(25-75)41(51)67)21-30-23-56-33-17-11-10-15-32(30)33/h7-11,13-15,17,23-24,27,34-40,56,75-76H,5-6,12,16,18-22,25-26H2,1-4H3,(H2,51,67)(H,54,57)(H,58,66)(H,59,70)(H,60,72)(H,61,69)(H,62,71)(H,63,68)(H,64,74)(H,65,73)(H4,52,53,55)/t34-,35-,36+,37-,38-,39-,40-/m0/s1. The third kappa shape index (κ3) is 19.3. The number of aliphatic imine (C=N–C) groups is 1. The molecule has 76 heavy (non-hydrogen) atoms. The van der Waals surface area contributed by atoms with Crippen molar-refractivity contribution < 1.29 is 43.2 Å². The number of hydrogen-bond donors (Lipinski definition) is 15. The van der Waals surface area contributed by atoms with Gasteiger partial charge in [0.05, 0.1) is 6.33 Å². The molecule has 4 rings (SSSR count). The third-order valence-electron chi connectivity index (χ3n) is 12.0. The Balaban J connectivity index is 1.62. The molecule has 0 aliphatic heterocycles. The molecule has 16 N–H and O–H groups in total. The molecule has 412 valence electrons. The monoisotopic (exact) mass is 1090 g/mol. The van der Waals surface area contributed by atoms with Crippen molar-refractivity contribution in [2.75, 3.05) is 18.1 Å². The lowest BCUT2D eigenvalue weighted by Crippen LogP contribution is -2.63. The van der Waals surface area contributed by atoms with Crippen LogP contribution >= 0.6 is 25.3 Å². The zero-order valence-electron chi connectivity index (χ0n) is 42.9. The first kappa shape index (κ1) is 60.9. The van der Waals surface area contributed by atoms with Gasteiger partial charge in [-0.25, -0.2) is 4.98 Å². The highest BCUT2D eigenvalue weighted by Gasteiger charge is 2.38. The van der Waals surface area contributed by atoms with Gasteiger partial charge < -0.3 is 69.7 Å². The molecule has 9 amide bonds. The van der Waals surface area contributed by atoms with E-state index in [1.54, 1.807) is 36.5 Å². The van der Waals surface area contributed by atoms with E-state index in [0.29, 0.717) is 29.7 Å². The molecule has 0 radical (unpaired) electrons. The van der Waals surface area contributed by atoms with Gasteiger partial charge in [0.25, 0.3) is 0 Å². The Labute approximate surface area is 451 Å². The first-order valence-electron chi connectivity index (χ1n) is 24.7. The zero-order chi connectivity index (χ0) is 56.0. The molecule has 4 aromatic rings. The molecule has 0 spiro atoms. The zero-order valence-corrected chi connectivity index (χ0v) is 44.7. The average Bonchev–Trinajstić information content (AvgIpc) is 4.06. The molecule has 0 saturated heterocycles. The number of primary amides is 1. The van der Waals surface area contributed by atoms with E-state index >= 15 is 0 Å². The van der Waals surface area contributed by atoms with Crippen molar-refractivity contribution in [1.82, 2.24) is 57.5 Å². The van der Waals surface area contributed by atoms with Gasteiger partial charge in [-0.3, -0.25) is 48.1 Å². The SMILES string of the molecule is CCCC[C@H](NC(C)=O)C(=O)N[C@@H](CS)C(=O)NC(C)(C)C(=O)N[C@@H](Cc1cnc[nH]1)C(=O)N[C@H](Cc1ccccc1)C(=O)N[C@@H](CCCN=C(N)N)C(=O)N[C@@H](Cc1c[nH]c2ccccc12)C(=O)N[C@@H](CS)C(N)=O. The highest BCUT2D eigenvalue weighted by Crippen LogP contribution is 2.20. The number of para-hydroxylation sites is 1. The Bertz CT molecular complexity index is 2650. The van der Waals surface area contributed by atoms with Gasteiger partial charge in [0.2, 0.25) is 53.2 Å². The molecule has 0 fully saturated rings. The van der Waals surface area contributed by atoms with Gasteiger partial charge in [-0.2, -0.15) is 25.3 Å². The summed E-state index contributed by atoms with van der Waals surface area (Å²) in [6, 6.07) is 7.19. The number of rotatable bonds is 31. The summed E-state index contributed by atoms with van der Waals surface area (Å²) in [6.45, 7) is 6.03. The molecular weight excluding hydrogens is 1020 g/mol. The number of H-pyrrole nitrogens is 2. The molecule has 2 aromatic heterocycles. The van der Waals surface area contributed by atoms with Crippen LogP contribution in [0.5, 0.6) is 0 Å². The number of thiol groups is 2. The second-order valence-corrected chi connectivity index (χ2v) is 19.3. The Hall–Kier alpha value is -7.61. The Morgan fingerprint density at radius 3 is 1.75 bits per heavy atom. The van der Waals surface area contributed by atoms with E-state index in [4.69, 9.17) is 17.2 Å². The summed E-state index contributed by atoms with van der Waals surface area (Å²) in [7, 11) is 0. The van der Waals surface area contributed by atoms with E-state index in [1.165, 1.54) is 33.3 Å². The van der Waals surface area contributed by atoms with Crippen LogP contribution in [0.4, 0.5) is 0 Å². The maximum absolute atomic E-state index is 14.7. The van der Waals surface area contributed by atoms with Gasteiger partial charge >= 0.3 is 0 Å². The first-order valence-corrected chi connectivity index (χ1v) is 26.0. The normalized spacial score (nSPS) is 14.0. The second-order valence-electron chi connectivity index (χ2n) is 18.6. The summed E-state index contributed by atoms with van der Waals surface area (Å²) in [5.74, 6) is -7.22. The average molecular weight is 1090 g/mol. The van der Waals surface area contributed by atoms with Crippen molar-refractivity contribution in [2.24, 2.45) is 22.2 Å². The van der Waals surface area contributed by atoms with Crippen molar-refractivity contribution in [1.29, 1.82) is 0 Å². The van der Waals surface area contributed by atoms with Gasteiger partial charge in [-0.1, -0.05) is 68.3 Å². The van der Waals surface area contributed by atoms with Gasteiger partial charge in [-0.15, -0.1) is 0 Å². The fourth-order valence-corrected chi connectivity index (χ4v) is 8.39. The number of benzene rings is 2. The van der Waals surface area contributed by atoms with Gasteiger partial charge in [0.1, 0.15) is 47.8 Å². The lowest BCUT2D eigenvalue weighted by Gasteiger charge is -2.31. The van der Waals surface area contributed by atoms with Crippen LogP contribution in [-0.4, -0.2) is 140 Å². The summed E-state index contributed by atoms with van der Waals surface area (Å²) in [5, 5.41) is 22.1. The number of carbonyl (C=O) groups excluding carboxylic acids is 9. The molecule has 0 saturated carbocycles. The topological polar surface area (TPSA) is 385 Å². The number of guanidine groups is 1. The summed E-state index contributed by atoms with van der Waals surface area (Å²) in [4.78, 5) is 137. The van der Waals surface area contributed by atoms with Crippen LogP contribution in [-0.2, 0) is 62.4 Å². The Kier molecular flexibility index (Phi) is 24.1. The number of carbonyl (C=O) groups is 9. The quantitative estimate of drug-likeness (QED) is 0.0123. The lowest BCUT2D eigenvalue weighted by atomic mass is 10.0. The predicted octanol–water partition coefficient (Wildman–Crippen LogP) is -1.18. The maximum atomic E-state index is 14.7. The lowest BCUT2D eigenvalue weighted by molar-refractivity contribution is -0.137. The van der Waals surface area contributed by atoms with E-state index in [0.717, 1.165) is 17.3 Å². The van der Waals surface area contributed by atoms with E-state index < -0.39 is 101 Å². The summed E-state index contributed by atoms with van der Waals surface area (Å²) < 4.78 is 0. The molecule has 0 aliphatic rings. The van der Waals surface area contributed by atoms with E-state index in [2.05, 4.69) is 87.7 Å². The number of aromatic amines is 2. The molecule has 24 nitrogen and oxygen atoms in total. The third-order valence-corrected chi connectivity index (χ3v) is 12.8. The highest BCUT2D eigenvalue weighted by molar-refractivity contribution is 7.80. The van der Waals surface area contributed by atoms with Crippen molar-refractivity contribution in [3.05, 3.63) is 90.1 Å². The number of hydrogen-bond acceptors (Lipinski definition) is 13. The number of nitrogens with one attached hydrogen (secondary N) is 10. The molecule has 7 atom stereocenters. The van der Waals surface area contributed by atoms with Crippen molar-refractivity contribution in [3.63, 3.8) is 0 Å². The summed E-state index contributed by atoms with van der Waals surface area (Å²) in [6.07, 6.45) is 5.98. The van der Waals surface area contributed by atoms with Crippen LogP contribution in [0.25, 0.3) is 10.9 Å². The van der Waals surface area contributed by atoms with Crippen LogP contribution in [0, 0.1) is 0 Å². The minimum absolute atomic E-state index is 0.0570. The van der Waals surface area contributed by atoms with Crippen molar-refractivity contribution in [2.45, 2.75) is 127 Å². The van der Waals surface area contributed by atoms with Crippen LogP contribution in [0.3, 0.4) is 0 Å². The van der Waals surface area contributed by atoms with Crippen LogP contribution in [0.1, 0.15) is 76.6 Å². The molecule has 2 heterocycles. The number of nitrogens with two attached hydrogens (primary N) is 3. The van der Waals surface area contributed by atoms with Gasteiger partial charge in [0.15, 0.2) is 5.96 Å². The summed E-state index contributed by atoms with van der Waals surface area (Å²) >= 11 is 8.41. The smallest absolute Gasteiger partial charge is 0.245 e. The van der Waals surface area contributed by atoms with Crippen molar-refractivity contribution >= 4 is 95.3 Å². The van der Waals surface area contributed by atoms with Crippen LogP contribution in [0.2, 0.25) is 0 Å². The minimum Gasteiger partial charge on any atom is -0.370 e. The van der Waals surface area contributed by atoms with Gasteiger partial charge in [-0.05, 0) is 50.3 Å². The number of fused-ring (bicyclic) bond motifs is 1. The maximum Gasteiger partial charge on any atom is 0.245 e. The fraction of sp³-hybridized carbons (Fsp3) is 0.460. The van der Waals surface area contributed by atoms with Gasteiger partial charge in [0, 0.05) is 73.2 Å². The predicted molar refractivity (Wildman–Crippen MR) is 292 cm³/mol. The van der Waals surface area contributed by atoms with E-state index in [-0.39, 0.29) is 56.1 Å². The minimum atomic E-state index is -1.72.